The van der Waals surface area contributed by atoms with Crippen molar-refractivity contribution in [3.63, 3.8) is 0 Å². The number of nitrogens with zero attached hydrogens (tertiary/aromatic N) is 2. The molecule has 26 heavy (non-hydrogen) atoms. The maximum absolute atomic E-state index is 13.3. The standard InChI is InChI=1S/C19H21FN2O4/c1-19(2,3)26-18(23)21(4)16-7-5-6-13(11-16)10-14-8-9-15(20)12-17(14)22(24)25/h5-9,11-12H,10H2,1-4H3. The first kappa shape index (κ1) is 19.4. The number of rotatable bonds is 4. The number of carbonyl (C=O) groups is 1. The van der Waals surface area contributed by atoms with E-state index in [4.69, 9.17) is 4.74 Å². The highest BCUT2D eigenvalue weighted by molar-refractivity contribution is 5.87. The Balaban J connectivity index is 2.25. The van der Waals surface area contributed by atoms with Crippen LogP contribution in [-0.2, 0) is 11.2 Å². The molecule has 0 aliphatic carbocycles. The van der Waals surface area contributed by atoms with Gasteiger partial charge in [-0.15, -0.1) is 0 Å². The largest absolute Gasteiger partial charge is 0.443 e. The zero-order chi connectivity index (χ0) is 19.5. The van der Waals surface area contributed by atoms with Crippen molar-refractivity contribution in [3.05, 3.63) is 69.5 Å². The fraction of sp³-hybridized carbons (Fsp3) is 0.316. The number of hydrogen-bond donors (Lipinski definition) is 0. The Morgan fingerprint density at radius 2 is 1.92 bits per heavy atom. The number of nitro benzene ring substituents is 1. The SMILES string of the molecule is CN(C(=O)OC(C)(C)C)c1cccc(Cc2ccc(F)cc2[N+](=O)[O-])c1. The quantitative estimate of drug-likeness (QED) is 0.585. The lowest BCUT2D eigenvalue weighted by atomic mass is 10.0. The monoisotopic (exact) mass is 360 g/mol. The van der Waals surface area contributed by atoms with Gasteiger partial charge < -0.3 is 4.74 Å². The highest BCUT2D eigenvalue weighted by Crippen LogP contribution is 2.25. The van der Waals surface area contributed by atoms with Crippen LogP contribution >= 0.6 is 0 Å². The Bertz CT molecular complexity index is 831. The van der Waals surface area contributed by atoms with Gasteiger partial charge in [0.15, 0.2) is 0 Å². The summed E-state index contributed by atoms with van der Waals surface area (Å²) in [5, 5.41) is 11.1. The van der Waals surface area contributed by atoms with Gasteiger partial charge in [-0.25, -0.2) is 9.18 Å². The lowest BCUT2D eigenvalue weighted by Gasteiger charge is -2.25. The summed E-state index contributed by atoms with van der Waals surface area (Å²) in [4.78, 5) is 24.1. The van der Waals surface area contributed by atoms with E-state index >= 15 is 0 Å². The van der Waals surface area contributed by atoms with E-state index in [1.165, 1.54) is 17.0 Å². The van der Waals surface area contributed by atoms with Crippen molar-refractivity contribution in [2.24, 2.45) is 0 Å². The molecule has 2 rings (SSSR count). The summed E-state index contributed by atoms with van der Waals surface area (Å²) in [5.74, 6) is -0.654. The Kier molecular flexibility index (Phi) is 5.59. The third-order valence-corrected chi connectivity index (χ3v) is 3.60. The minimum absolute atomic E-state index is 0.243. The van der Waals surface area contributed by atoms with Crippen LogP contribution in [0.5, 0.6) is 0 Å². The van der Waals surface area contributed by atoms with Gasteiger partial charge >= 0.3 is 6.09 Å². The number of nitro groups is 1. The van der Waals surface area contributed by atoms with E-state index in [-0.39, 0.29) is 12.1 Å². The molecule has 1 amide bonds. The molecule has 0 fully saturated rings. The highest BCUT2D eigenvalue weighted by Gasteiger charge is 2.21. The predicted octanol–water partition coefficient (Wildman–Crippen LogP) is 4.70. The topological polar surface area (TPSA) is 72.7 Å². The molecule has 0 saturated carbocycles. The molecule has 2 aromatic carbocycles. The van der Waals surface area contributed by atoms with Crippen LogP contribution in [-0.4, -0.2) is 23.7 Å². The first-order valence-corrected chi connectivity index (χ1v) is 8.05. The minimum Gasteiger partial charge on any atom is -0.443 e. The van der Waals surface area contributed by atoms with Crippen molar-refractivity contribution in [2.45, 2.75) is 32.8 Å². The van der Waals surface area contributed by atoms with Gasteiger partial charge in [-0.1, -0.05) is 12.1 Å². The predicted molar refractivity (Wildman–Crippen MR) is 96.9 cm³/mol. The molecule has 0 aromatic heterocycles. The molecule has 0 bridgehead atoms. The van der Waals surface area contributed by atoms with E-state index in [1.54, 1.807) is 52.1 Å². The molecule has 0 saturated heterocycles. The van der Waals surface area contributed by atoms with Gasteiger partial charge in [0.25, 0.3) is 5.69 Å². The summed E-state index contributed by atoms with van der Waals surface area (Å²) in [5.41, 5.74) is 0.871. The maximum Gasteiger partial charge on any atom is 0.414 e. The number of hydrogen-bond acceptors (Lipinski definition) is 4. The highest BCUT2D eigenvalue weighted by atomic mass is 19.1. The van der Waals surface area contributed by atoms with Crippen LogP contribution in [0.3, 0.4) is 0 Å². The summed E-state index contributed by atoms with van der Waals surface area (Å²) in [6, 6.07) is 10.5. The van der Waals surface area contributed by atoms with Crippen LogP contribution in [0.25, 0.3) is 0 Å². The first-order chi connectivity index (χ1) is 12.1. The maximum atomic E-state index is 13.3. The molecule has 138 valence electrons. The molecule has 7 heteroatoms. The van der Waals surface area contributed by atoms with E-state index in [9.17, 15) is 19.3 Å². The normalized spacial score (nSPS) is 11.1. The molecule has 0 atom stereocenters. The summed E-state index contributed by atoms with van der Waals surface area (Å²) < 4.78 is 18.6. The molecule has 6 nitrogen and oxygen atoms in total. The van der Waals surface area contributed by atoms with E-state index in [2.05, 4.69) is 0 Å². The van der Waals surface area contributed by atoms with Gasteiger partial charge in [0.1, 0.15) is 11.4 Å². The molecule has 0 N–H and O–H groups in total. The molecule has 0 spiro atoms. The third kappa shape index (κ3) is 5.02. The second-order valence-electron chi connectivity index (χ2n) is 6.92. The molecular formula is C19H21FN2O4. The summed E-state index contributed by atoms with van der Waals surface area (Å²) in [6.45, 7) is 5.34. The molecule has 0 aliphatic heterocycles. The minimum atomic E-state index is -0.654. The van der Waals surface area contributed by atoms with Gasteiger partial charge in [0, 0.05) is 24.7 Å². The molecule has 2 aromatic rings. The Hall–Kier alpha value is -2.96. The number of ether oxygens (including phenoxy) is 1. The first-order valence-electron chi connectivity index (χ1n) is 8.05. The summed E-state index contributed by atoms with van der Waals surface area (Å²) in [6.07, 6.45) is -0.255. The summed E-state index contributed by atoms with van der Waals surface area (Å²) >= 11 is 0. The lowest BCUT2D eigenvalue weighted by molar-refractivity contribution is -0.385. The van der Waals surface area contributed by atoms with Crippen LogP contribution in [0.1, 0.15) is 31.9 Å². The van der Waals surface area contributed by atoms with Crippen molar-refractivity contribution in [3.8, 4) is 0 Å². The average molecular weight is 360 g/mol. The van der Waals surface area contributed by atoms with Crippen molar-refractivity contribution in [2.75, 3.05) is 11.9 Å². The van der Waals surface area contributed by atoms with Crippen molar-refractivity contribution in [1.29, 1.82) is 0 Å². The molecule has 0 radical (unpaired) electrons. The molecule has 0 aliphatic rings. The van der Waals surface area contributed by atoms with Crippen LogP contribution in [0.4, 0.5) is 20.6 Å². The lowest BCUT2D eigenvalue weighted by Crippen LogP contribution is -2.34. The fourth-order valence-electron chi connectivity index (χ4n) is 2.39. The summed E-state index contributed by atoms with van der Waals surface area (Å²) in [7, 11) is 1.59. The number of halogens is 1. The smallest absolute Gasteiger partial charge is 0.414 e. The molecule has 0 unspecified atom stereocenters. The number of amides is 1. The van der Waals surface area contributed by atoms with Crippen LogP contribution in [0, 0.1) is 15.9 Å². The molecule has 0 heterocycles. The average Bonchev–Trinajstić information content (AvgIpc) is 2.54. The second kappa shape index (κ2) is 7.51. The fourth-order valence-corrected chi connectivity index (χ4v) is 2.39. The van der Waals surface area contributed by atoms with Gasteiger partial charge in [-0.2, -0.15) is 0 Å². The van der Waals surface area contributed by atoms with E-state index < -0.39 is 22.4 Å². The van der Waals surface area contributed by atoms with Crippen molar-refractivity contribution >= 4 is 17.5 Å². The van der Waals surface area contributed by atoms with Crippen molar-refractivity contribution in [1.82, 2.24) is 0 Å². The van der Waals surface area contributed by atoms with Gasteiger partial charge in [0.2, 0.25) is 0 Å². The number of benzene rings is 2. The van der Waals surface area contributed by atoms with Crippen LogP contribution in [0.2, 0.25) is 0 Å². The van der Waals surface area contributed by atoms with Crippen molar-refractivity contribution < 1.29 is 18.8 Å². The zero-order valence-electron chi connectivity index (χ0n) is 15.2. The van der Waals surface area contributed by atoms with Gasteiger partial charge in [-0.3, -0.25) is 15.0 Å². The Labute approximate surface area is 151 Å². The third-order valence-electron chi connectivity index (χ3n) is 3.60. The van der Waals surface area contributed by atoms with Crippen LogP contribution < -0.4 is 4.90 Å². The Morgan fingerprint density at radius 1 is 1.23 bits per heavy atom. The second-order valence-corrected chi connectivity index (χ2v) is 6.92. The zero-order valence-corrected chi connectivity index (χ0v) is 15.2. The van der Waals surface area contributed by atoms with Crippen LogP contribution in [0.15, 0.2) is 42.5 Å². The van der Waals surface area contributed by atoms with E-state index in [1.807, 2.05) is 0 Å². The van der Waals surface area contributed by atoms with Gasteiger partial charge in [-0.05, 0) is 50.6 Å². The number of anilines is 1. The molecular weight excluding hydrogens is 339 g/mol. The number of carbonyl (C=O) groups excluding carboxylic acids is 1. The van der Waals surface area contributed by atoms with E-state index in [0.29, 0.717) is 11.3 Å². The van der Waals surface area contributed by atoms with Gasteiger partial charge in [0.05, 0.1) is 11.0 Å². The Morgan fingerprint density at radius 3 is 2.54 bits per heavy atom. The van der Waals surface area contributed by atoms with E-state index in [0.717, 1.165) is 11.6 Å².